The number of benzene rings is 2. The first-order valence-electron chi connectivity index (χ1n) is 16.2. The maximum atomic E-state index is 15.2. The molecule has 2 aliphatic rings. The Morgan fingerprint density at radius 3 is 2.42 bits per heavy atom. The summed E-state index contributed by atoms with van der Waals surface area (Å²) in [6.07, 6.45) is 5.35. The summed E-state index contributed by atoms with van der Waals surface area (Å²) in [7, 11) is 0. The normalized spacial score (nSPS) is 16.3. The molecular weight excluding hydrogens is 660 g/mol. The van der Waals surface area contributed by atoms with Gasteiger partial charge in [-0.3, -0.25) is 19.5 Å². The summed E-state index contributed by atoms with van der Waals surface area (Å²) in [5.74, 6) is -3.29. The number of ether oxygens (including phenoxy) is 2. The smallest absolute Gasteiger partial charge is 0.387 e. The highest BCUT2D eigenvalue weighted by Gasteiger charge is 2.34. The molecule has 50 heavy (non-hydrogen) atoms. The largest absolute Gasteiger partial charge is 0.489 e. The van der Waals surface area contributed by atoms with Gasteiger partial charge in [0.25, 0.3) is 5.91 Å². The fourth-order valence-electron chi connectivity index (χ4n) is 5.63. The zero-order valence-corrected chi connectivity index (χ0v) is 27.2. The van der Waals surface area contributed by atoms with Crippen LogP contribution in [0.1, 0.15) is 59.2 Å². The number of rotatable bonds is 13. The molecule has 0 bridgehead atoms. The number of carbonyl (C=O) groups excluding carboxylic acids is 2. The van der Waals surface area contributed by atoms with E-state index in [0.717, 1.165) is 30.5 Å². The van der Waals surface area contributed by atoms with E-state index in [1.54, 1.807) is 19.3 Å². The molecule has 3 N–H and O–H groups in total. The molecule has 6 rings (SSSR count). The van der Waals surface area contributed by atoms with E-state index in [2.05, 4.69) is 24.9 Å². The second-order valence-electron chi connectivity index (χ2n) is 12.3. The molecule has 2 aromatic heterocycles. The lowest BCUT2D eigenvalue weighted by Crippen LogP contribution is -2.52. The Labute approximate surface area is 285 Å². The van der Waals surface area contributed by atoms with E-state index < -0.39 is 42.1 Å². The molecule has 1 aliphatic carbocycles. The molecular formula is C35H36F4N6O5. The Balaban J connectivity index is 1.24. The molecule has 4 aromatic rings. The topological polar surface area (TPSA) is 136 Å². The van der Waals surface area contributed by atoms with Crippen molar-refractivity contribution in [1.82, 2.24) is 25.1 Å². The van der Waals surface area contributed by atoms with Crippen LogP contribution in [-0.4, -0.2) is 71.0 Å². The predicted molar refractivity (Wildman–Crippen MR) is 172 cm³/mol. The molecule has 1 aliphatic heterocycles. The third-order valence-electron chi connectivity index (χ3n) is 8.50. The number of piperazine rings is 1. The van der Waals surface area contributed by atoms with Crippen molar-refractivity contribution in [1.29, 1.82) is 0 Å². The minimum atomic E-state index is -3.08. The van der Waals surface area contributed by atoms with Gasteiger partial charge in [-0.1, -0.05) is 6.07 Å². The first-order chi connectivity index (χ1) is 24.0. The summed E-state index contributed by atoms with van der Waals surface area (Å²) in [6, 6.07) is 8.28. The molecule has 0 unspecified atom stereocenters. The Morgan fingerprint density at radius 2 is 1.76 bits per heavy atom. The van der Waals surface area contributed by atoms with E-state index in [1.807, 2.05) is 12.1 Å². The second-order valence-corrected chi connectivity index (χ2v) is 12.3. The van der Waals surface area contributed by atoms with Crippen LogP contribution in [0.15, 0.2) is 65.3 Å². The van der Waals surface area contributed by atoms with E-state index in [9.17, 15) is 22.8 Å². The molecule has 3 heterocycles. The summed E-state index contributed by atoms with van der Waals surface area (Å²) in [6.45, 7) is 1.08. The first kappa shape index (κ1) is 34.8. The number of nitrogens with zero attached hydrogens (tertiary/aromatic N) is 4. The molecule has 2 atom stereocenters. The molecule has 0 radical (unpaired) electrons. The number of nitrogens with one attached hydrogen (secondary N) is 1. The fourth-order valence-corrected chi connectivity index (χ4v) is 5.63. The Morgan fingerprint density at radius 1 is 1.02 bits per heavy atom. The number of oxazole rings is 1. The van der Waals surface area contributed by atoms with Gasteiger partial charge in [0.1, 0.15) is 17.7 Å². The van der Waals surface area contributed by atoms with Gasteiger partial charge >= 0.3 is 6.61 Å². The average molecular weight is 697 g/mol. The van der Waals surface area contributed by atoms with Gasteiger partial charge in [-0.05, 0) is 67.6 Å². The van der Waals surface area contributed by atoms with Crippen LogP contribution in [-0.2, 0) is 11.3 Å². The predicted octanol–water partition coefficient (Wildman–Crippen LogP) is 5.24. The maximum Gasteiger partial charge on any atom is 0.387 e. The quantitative estimate of drug-likeness (QED) is 0.180. The number of hydrogen-bond donors (Lipinski definition) is 2. The fraction of sp³-hybridized carbons (Fsp3) is 0.371. The van der Waals surface area contributed by atoms with Gasteiger partial charge < -0.3 is 29.8 Å². The lowest BCUT2D eigenvalue weighted by atomic mass is 10.0. The van der Waals surface area contributed by atoms with Crippen LogP contribution >= 0.6 is 0 Å². The molecule has 0 spiro atoms. The van der Waals surface area contributed by atoms with Crippen molar-refractivity contribution in [2.24, 2.45) is 11.7 Å². The lowest BCUT2D eigenvalue weighted by Gasteiger charge is -2.36. The van der Waals surface area contributed by atoms with Crippen LogP contribution in [0.2, 0.25) is 0 Å². The summed E-state index contributed by atoms with van der Waals surface area (Å²) >= 11 is 0. The SMILES string of the molecule is C[C@H](N)c1oc(-c2ccc(OC(F)F)c(OCC3CC3)c2)nc1C(=O)N[C@@H](C(=O)N1CCN(Cc2ccncc2)CC1)c1ccc(F)cc1F. The van der Waals surface area contributed by atoms with Crippen LogP contribution in [0.3, 0.4) is 0 Å². The molecule has 2 aromatic carbocycles. The lowest BCUT2D eigenvalue weighted by molar-refractivity contribution is -0.135. The number of aromatic nitrogens is 2. The van der Waals surface area contributed by atoms with Crippen LogP contribution in [0.4, 0.5) is 17.6 Å². The third kappa shape index (κ3) is 8.40. The van der Waals surface area contributed by atoms with Crippen molar-refractivity contribution in [3.8, 4) is 23.0 Å². The molecule has 2 amide bonds. The van der Waals surface area contributed by atoms with Crippen molar-refractivity contribution in [2.45, 2.75) is 45.0 Å². The van der Waals surface area contributed by atoms with Gasteiger partial charge in [-0.25, -0.2) is 13.8 Å². The van der Waals surface area contributed by atoms with Crippen LogP contribution in [0, 0.1) is 17.6 Å². The van der Waals surface area contributed by atoms with E-state index in [1.165, 1.54) is 23.1 Å². The number of halogens is 4. The minimum Gasteiger partial charge on any atom is -0.489 e. The van der Waals surface area contributed by atoms with E-state index >= 15 is 4.39 Å². The molecule has 1 saturated heterocycles. The first-order valence-corrected chi connectivity index (χ1v) is 16.2. The number of nitrogens with two attached hydrogens (primary N) is 1. The van der Waals surface area contributed by atoms with Crippen molar-refractivity contribution in [2.75, 3.05) is 32.8 Å². The monoisotopic (exact) mass is 696 g/mol. The highest BCUT2D eigenvalue weighted by Crippen LogP contribution is 2.37. The molecule has 15 heteroatoms. The van der Waals surface area contributed by atoms with Crippen molar-refractivity contribution in [3.63, 3.8) is 0 Å². The van der Waals surface area contributed by atoms with Crippen LogP contribution < -0.4 is 20.5 Å². The number of carbonyl (C=O) groups is 2. The highest BCUT2D eigenvalue weighted by molar-refractivity contribution is 5.97. The van der Waals surface area contributed by atoms with Crippen LogP contribution in [0.5, 0.6) is 11.5 Å². The Kier molecular flexibility index (Phi) is 10.6. The van der Waals surface area contributed by atoms with Gasteiger partial charge in [0.05, 0.1) is 12.6 Å². The number of amides is 2. The number of alkyl halides is 2. The molecule has 2 fully saturated rings. The zero-order valence-electron chi connectivity index (χ0n) is 27.2. The van der Waals surface area contributed by atoms with Crippen LogP contribution in [0.25, 0.3) is 11.5 Å². The Bertz CT molecular complexity index is 1810. The van der Waals surface area contributed by atoms with Gasteiger partial charge in [0.15, 0.2) is 23.0 Å². The third-order valence-corrected chi connectivity index (χ3v) is 8.50. The van der Waals surface area contributed by atoms with E-state index in [-0.39, 0.29) is 40.0 Å². The Hall–Kier alpha value is -5.02. The zero-order chi connectivity index (χ0) is 35.4. The summed E-state index contributed by atoms with van der Waals surface area (Å²) < 4.78 is 71.5. The summed E-state index contributed by atoms with van der Waals surface area (Å²) in [5, 5.41) is 2.58. The number of pyridine rings is 1. The van der Waals surface area contributed by atoms with E-state index in [4.69, 9.17) is 14.9 Å². The van der Waals surface area contributed by atoms with Gasteiger partial charge in [-0.15, -0.1) is 0 Å². The van der Waals surface area contributed by atoms with Crippen molar-refractivity contribution in [3.05, 3.63) is 95.1 Å². The second kappa shape index (κ2) is 15.3. The number of hydrogen-bond acceptors (Lipinski definition) is 9. The van der Waals surface area contributed by atoms with Gasteiger partial charge in [0.2, 0.25) is 11.8 Å². The average Bonchev–Trinajstić information content (AvgIpc) is 3.81. The maximum absolute atomic E-state index is 15.2. The molecule has 11 nitrogen and oxygen atoms in total. The minimum absolute atomic E-state index is 0.0404. The standard InChI is InChI=1S/C35H36F4N6O5/c1-20(40)31-30(43-33(50-31)23-4-7-27(49-35(38)39)28(16-23)48-19-22-2-3-22)32(46)42-29(25-6-5-24(36)17-26(25)37)34(47)45-14-12-44(13-15-45)18-21-8-10-41-11-9-21/h4-11,16-17,20,22,29,35H,2-3,12-15,18-19,40H2,1H3,(H,42,46)/t20-,29+/m0/s1. The van der Waals surface area contributed by atoms with Crippen molar-refractivity contribution >= 4 is 11.8 Å². The van der Waals surface area contributed by atoms with Crippen molar-refractivity contribution < 1.29 is 41.0 Å². The van der Waals surface area contributed by atoms with Gasteiger partial charge in [-0.2, -0.15) is 8.78 Å². The highest BCUT2D eigenvalue weighted by atomic mass is 19.3. The van der Waals surface area contributed by atoms with E-state index in [0.29, 0.717) is 51.3 Å². The molecule has 264 valence electrons. The summed E-state index contributed by atoms with van der Waals surface area (Å²) in [5.41, 5.74) is 6.98. The van der Waals surface area contributed by atoms with Gasteiger partial charge in [0, 0.05) is 62.3 Å². The molecule has 1 saturated carbocycles. The summed E-state index contributed by atoms with van der Waals surface area (Å²) in [4.78, 5) is 39.9.